The minimum absolute atomic E-state index is 0.103. The van der Waals surface area contributed by atoms with Crippen molar-refractivity contribution < 1.29 is 9.53 Å². The van der Waals surface area contributed by atoms with E-state index in [2.05, 4.69) is 15.8 Å². The normalized spacial score (nSPS) is 10.8. The molecule has 0 aliphatic heterocycles. The fourth-order valence-corrected chi connectivity index (χ4v) is 2.67. The number of rotatable bonds is 6. The molecule has 3 aromatic carbocycles. The highest BCUT2D eigenvalue weighted by Gasteiger charge is 2.06. The summed E-state index contributed by atoms with van der Waals surface area (Å²) in [4.78, 5) is 11.9. The van der Waals surface area contributed by atoms with Gasteiger partial charge < -0.3 is 10.1 Å². The second-order valence-corrected chi connectivity index (χ2v) is 5.99. The molecule has 0 atom stereocenters. The summed E-state index contributed by atoms with van der Waals surface area (Å²) in [6, 6.07) is 18.9. The van der Waals surface area contributed by atoms with Crippen molar-refractivity contribution in [1.82, 2.24) is 5.43 Å². The molecule has 3 rings (SSSR count). The summed E-state index contributed by atoms with van der Waals surface area (Å²) in [5.74, 6) is 0.441. The summed E-state index contributed by atoms with van der Waals surface area (Å²) in [7, 11) is 1.61. The molecule has 3 aromatic rings. The minimum Gasteiger partial charge on any atom is -0.496 e. The topological polar surface area (TPSA) is 62.7 Å². The number of fused-ring (bicyclic) bond motifs is 1. The Morgan fingerprint density at radius 3 is 2.65 bits per heavy atom. The number of methoxy groups -OCH3 is 1. The Hall–Kier alpha value is -3.05. The largest absolute Gasteiger partial charge is 0.496 e. The summed E-state index contributed by atoms with van der Waals surface area (Å²) >= 11 is 5.83. The van der Waals surface area contributed by atoms with Crippen LogP contribution in [0.15, 0.2) is 65.8 Å². The number of nitrogens with one attached hydrogen (secondary N) is 2. The maximum absolute atomic E-state index is 11.9. The summed E-state index contributed by atoms with van der Waals surface area (Å²) in [5, 5.41) is 9.79. The second-order valence-electron chi connectivity index (χ2n) is 5.56. The number of carbonyl (C=O) groups excluding carboxylic acids is 1. The molecule has 26 heavy (non-hydrogen) atoms. The molecule has 0 aromatic heterocycles. The third kappa shape index (κ3) is 4.32. The number of hydrazone groups is 1. The number of halogens is 1. The lowest BCUT2D eigenvalue weighted by Crippen LogP contribution is -2.25. The van der Waals surface area contributed by atoms with Crippen molar-refractivity contribution in [1.29, 1.82) is 0 Å². The third-order valence-electron chi connectivity index (χ3n) is 3.83. The molecule has 0 heterocycles. The second kappa shape index (κ2) is 8.36. The molecule has 0 aliphatic rings. The lowest BCUT2D eigenvalue weighted by atomic mass is 10.0. The van der Waals surface area contributed by atoms with E-state index in [9.17, 15) is 4.79 Å². The highest BCUT2D eigenvalue weighted by molar-refractivity contribution is 6.30. The van der Waals surface area contributed by atoms with Crippen molar-refractivity contribution in [2.24, 2.45) is 5.10 Å². The van der Waals surface area contributed by atoms with Crippen LogP contribution in [0.5, 0.6) is 5.75 Å². The Balaban J connectivity index is 1.65. The zero-order chi connectivity index (χ0) is 18.4. The van der Waals surface area contributed by atoms with Gasteiger partial charge in [-0.15, -0.1) is 0 Å². The smallest absolute Gasteiger partial charge is 0.259 e. The van der Waals surface area contributed by atoms with Crippen molar-refractivity contribution in [3.63, 3.8) is 0 Å². The van der Waals surface area contributed by atoms with Crippen molar-refractivity contribution >= 4 is 40.2 Å². The first-order valence-electron chi connectivity index (χ1n) is 8.04. The van der Waals surface area contributed by atoms with Gasteiger partial charge in [0, 0.05) is 16.3 Å². The molecule has 0 radical (unpaired) electrons. The van der Waals surface area contributed by atoms with E-state index in [1.54, 1.807) is 37.6 Å². The molecule has 132 valence electrons. The van der Waals surface area contributed by atoms with Crippen LogP contribution in [0.2, 0.25) is 5.02 Å². The van der Waals surface area contributed by atoms with Crippen LogP contribution in [0.4, 0.5) is 5.69 Å². The van der Waals surface area contributed by atoms with Crippen LogP contribution in [0.1, 0.15) is 5.56 Å². The lowest BCUT2D eigenvalue weighted by Gasteiger charge is -2.08. The van der Waals surface area contributed by atoms with Gasteiger partial charge in [-0.1, -0.05) is 41.9 Å². The number of amides is 1. The molecular weight excluding hydrogens is 350 g/mol. The Morgan fingerprint density at radius 2 is 1.88 bits per heavy atom. The maximum Gasteiger partial charge on any atom is 0.259 e. The van der Waals surface area contributed by atoms with E-state index in [0.717, 1.165) is 22.0 Å². The quantitative estimate of drug-likeness (QED) is 0.510. The van der Waals surface area contributed by atoms with Gasteiger partial charge in [0.25, 0.3) is 5.91 Å². The van der Waals surface area contributed by atoms with E-state index in [1.807, 2.05) is 36.4 Å². The van der Waals surface area contributed by atoms with Gasteiger partial charge in [0.15, 0.2) is 0 Å². The van der Waals surface area contributed by atoms with E-state index in [4.69, 9.17) is 16.3 Å². The number of carbonyl (C=O) groups is 1. The van der Waals surface area contributed by atoms with Crippen LogP contribution in [0.3, 0.4) is 0 Å². The Bertz CT molecular complexity index is 939. The van der Waals surface area contributed by atoms with Gasteiger partial charge in [-0.2, -0.15) is 5.10 Å². The summed E-state index contributed by atoms with van der Waals surface area (Å²) < 4.78 is 5.40. The number of hydrogen-bond acceptors (Lipinski definition) is 4. The number of ether oxygens (including phenoxy) is 1. The molecule has 6 heteroatoms. The van der Waals surface area contributed by atoms with Crippen LogP contribution in [0, 0.1) is 0 Å². The number of hydrogen-bond donors (Lipinski definition) is 2. The van der Waals surface area contributed by atoms with Crippen LogP contribution < -0.4 is 15.5 Å². The molecule has 5 nitrogen and oxygen atoms in total. The molecule has 0 saturated carbocycles. The zero-order valence-corrected chi connectivity index (χ0v) is 15.0. The fraction of sp³-hybridized carbons (Fsp3) is 0.100. The molecular formula is C20H18ClN3O2. The minimum atomic E-state index is -0.254. The van der Waals surface area contributed by atoms with Crippen molar-refractivity contribution in [3.05, 3.63) is 71.2 Å². The highest BCUT2D eigenvalue weighted by atomic mass is 35.5. The highest BCUT2D eigenvalue weighted by Crippen LogP contribution is 2.26. The van der Waals surface area contributed by atoms with E-state index in [1.165, 1.54) is 0 Å². The molecule has 0 fully saturated rings. The van der Waals surface area contributed by atoms with E-state index < -0.39 is 0 Å². The monoisotopic (exact) mass is 367 g/mol. The average molecular weight is 368 g/mol. The number of benzene rings is 3. The molecule has 2 N–H and O–H groups in total. The van der Waals surface area contributed by atoms with Gasteiger partial charge in [-0.3, -0.25) is 4.79 Å². The first-order valence-corrected chi connectivity index (χ1v) is 8.42. The van der Waals surface area contributed by atoms with E-state index >= 15 is 0 Å². The molecule has 0 aliphatic carbocycles. The van der Waals surface area contributed by atoms with Gasteiger partial charge in [0.2, 0.25) is 0 Å². The predicted molar refractivity (Wildman–Crippen MR) is 106 cm³/mol. The Kier molecular flexibility index (Phi) is 5.71. The standard InChI is InChI=1S/C20H18ClN3O2/c1-26-19-11-6-14-4-2-3-5-17(14)18(19)12-23-24-20(25)13-22-16-9-7-15(21)8-10-16/h2-12,22H,13H2,1H3,(H,24,25)/b23-12-. The molecule has 0 spiro atoms. The van der Waals surface area contributed by atoms with E-state index in [-0.39, 0.29) is 12.5 Å². The Morgan fingerprint density at radius 1 is 1.12 bits per heavy atom. The predicted octanol–water partition coefficient (Wildman–Crippen LogP) is 4.06. The number of anilines is 1. The van der Waals surface area contributed by atoms with E-state index in [0.29, 0.717) is 10.8 Å². The van der Waals surface area contributed by atoms with Gasteiger partial charge in [0.1, 0.15) is 5.75 Å². The summed E-state index contributed by atoms with van der Waals surface area (Å²) in [6.45, 7) is 0.103. The van der Waals surface area contributed by atoms with Crippen LogP contribution in [-0.2, 0) is 4.79 Å². The van der Waals surface area contributed by atoms with Crippen molar-refractivity contribution in [2.45, 2.75) is 0 Å². The molecule has 0 bridgehead atoms. The van der Waals surface area contributed by atoms with Gasteiger partial charge in [-0.25, -0.2) is 5.43 Å². The average Bonchev–Trinajstić information content (AvgIpc) is 2.67. The summed E-state index contributed by atoms with van der Waals surface area (Å²) in [5.41, 5.74) is 4.14. The maximum atomic E-state index is 11.9. The fourth-order valence-electron chi connectivity index (χ4n) is 2.55. The zero-order valence-electron chi connectivity index (χ0n) is 14.2. The van der Waals surface area contributed by atoms with Crippen LogP contribution >= 0.6 is 11.6 Å². The first kappa shape index (κ1) is 17.8. The van der Waals surface area contributed by atoms with Crippen LogP contribution in [0.25, 0.3) is 10.8 Å². The van der Waals surface area contributed by atoms with Gasteiger partial charge >= 0.3 is 0 Å². The summed E-state index contributed by atoms with van der Waals surface area (Å²) in [6.07, 6.45) is 1.60. The number of nitrogens with zero attached hydrogens (tertiary/aromatic N) is 1. The van der Waals surface area contributed by atoms with Gasteiger partial charge in [-0.05, 0) is 41.1 Å². The van der Waals surface area contributed by atoms with Gasteiger partial charge in [0.05, 0.1) is 19.9 Å². The first-order chi connectivity index (χ1) is 12.7. The Labute approximate surface area is 156 Å². The van der Waals surface area contributed by atoms with Crippen molar-refractivity contribution in [3.8, 4) is 5.75 Å². The lowest BCUT2D eigenvalue weighted by molar-refractivity contribution is -0.119. The molecule has 0 unspecified atom stereocenters. The molecule has 1 amide bonds. The molecule has 0 saturated heterocycles. The third-order valence-corrected chi connectivity index (χ3v) is 4.08. The SMILES string of the molecule is COc1ccc2ccccc2c1/C=N\NC(=O)CNc1ccc(Cl)cc1. The van der Waals surface area contributed by atoms with Crippen LogP contribution in [-0.4, -0.2) is 25.8 Å². The van der Waals surface area contributed by atoms with Crippen molar-refractivity contribution in [2.75, 3.05) is 19.0 Å².